The highest BCUT2D eigenvalue weighted by molar-refractivity contribution is 5.96. The average Bonchev–Trinajstić information content (AvgIpc) is 3.05. The van der Waals surface area contributed by atoms with Crippen LogP contribution in [0.1, 0.15) is 28.7 Å². The highest BCUT2D eigenvalue weighted by atomic mass is 14.7. The molecule has 0 bridgehead atoms. The first kappa shape index (κ1) is 14.8. The average molecular weight is 302 g/mol. The zero-order valence-electron chi connectivity index (χ0n) is 12.6. The quantitative estimate of drug-likeness (QED) is 0.515. The Kier molecular flexibility index (Phi) is 3.81. The standard InChI is InChI=1S/C19H18N4/c20-18(21)14-5-1-12(2-6-14)16-9-10-17(11-16)13-3-7-15(8-4-13)19(22)23/h1-10H,11H2,(H3,20,21)(H3,22,23). The van der Waals surface area contributed by atoms with E-state index in [0.29, 0.717) is 0 Å². The van der Waals surface area contributed by atoms with Crippen LogP contribution < -0.4 is 11.5 Å². The molecule has 2 aromatic rings. The van der Waals surface area contributed by atoms with E-state index in [1.165, 1.54) is 11.1 Å². The van der Waals surface area contributed by atoms with Crippen LogP contribution in [0, 0.1) is 10.8 Å². The Hall–Kier alpha value is -3.14. The van der Waals surface area contributed by atoms with E-state index in [9.17, 15) is 0 Å². The lowest BCUT2D eigenvalue weighted by Gasteiger charge is -2.08. The SMILES string of the molecule is N=C(N)c1ccc(C2=CC=C(c3ccc(C(=N)N)cc3)C2)cc1. The number of amidine groups is 2. The minimum Gasteiger partial charge on any atom is -0.384 e. The van der Waals surface area contributed by atoms with Gasteiger partial charge in [0.2, 0.25) is 0 Å². The van der Waals surface area contributed by atoms with Crippen LogP contribution in [-0.2, 0) is 0 Å². The molecule has 0 heterocycles. The first-order valence-corrected chi connectivity index (χ1v) is 7.34. The number of allylic oxidation sites excluding steroid dienone is 4. The molecule has 23 heavy (non-hydrogen) atoms. The number of hydrogen-bond donors (Lipinski definition) is 4. The van der Waals surface area contributed by atoms with E-state index in [1.807, 2.05) is 48.5 Å². The fraction of sp³-hybridized carbons (Fsp3) is 0.0526. The van der Waals surface area contributed by atoms with E-state index < -0.39 is 0 Å². The van der Waals surface area contributed by atoms with Gasteiger partial charge in [0.05, 0.1) is 0 Å². The second kappa shape index (κ2) is 5.93. The lowest BCUT2D eigenvalue weighted by molar-refractivity contribution is 1.39. The Labute approximate surface area is 135 Å². The van der Waals surface area contributed by atoms with Crippen molar-refractivity contribution < 1.29 is 0 Å². The molecule has 1 aliphatic carbocycles. The summed E-state index contributed by atoms with van der Waals surface area (Å²) in [5.74, 6) is 0.169. The van der Waals surface area contributed by atoms with Crippen LogP contribution in [-0.4, -0.2) is 11.7 Å². The maximum absolute atomic E-state index is 7.44. The van der Waals surface area contributed by atoms with Crippen molar-refractivity contribution in [1.29, 1.82) is 10.8 Å². The van der Waals surface area contributed by atoms with Crippen molar-refractivity contribution in [3.05, 3.63) is 82.9 Å². The molecule has 0 amide bonds. The lowest BCUT2D eigenvalue weighted by Crippen LogP contribution is -2.10. The van der Waals surface area contributed by atoms with Crippen molar-refractivity contribution in [2.75, 3.05) is 0 Å². The third-order valence-corrected chi connectivity index (χ3v) is 4.00. The molecule has 3 rings (SSSR count). The van der Waals surface area contributed by atoms with Crippen LogP contribution in [0.25, 0.3) is 11.1 Å². The maximum atomic E-state index is 7.44. The number of benzene rings is 2. The molecule has 0 saturated carbocycles. The summed E-state index contributed by atoms with van der Waals surface area (Å²) in [4.78, 5) is 0. The molecule has 4 nitrogen and oxygen atoms in total. The van der Waals surface area contributed by atoms with Gasteiger partial charge in [0, 0.05) is 11.1 Å². The molecule has 0 aromatic heterocycles. The van der Waals surface area contributed by atoms with Gasteiger partial charge in [0.25, 0.3) is 0 Å². The zero-order valence-corrected chi connectivity index (χ0v) is 12.6. The summed E-state index contributed by atoms with van der Waals surface area (Å²) in [6.07, 6.45) is 5.10. The van der Waals surface area contributed by atoms with Crippen LogP contribution in [0.3, 0.4) is 0 Å². The maximum Gasteiger partial charge on any atom is 0.122 e. The van der Waals surface area contributed by atoms with E-state index >= 15 is 0 Å². The van der Waals surface area contributed by atoms with Crippen molar-refractivity contribution in [3.8, 4) is 0 Å². The molecular weight excluding hydrogens is 284 g/mol. The van der Waals surface area contributed by atoms with E-state index in [-0.39, 0.29) is 11.7 Å². The van der Waals surface area contributed by atoms with E-state index in [2.05, 4.69) is 12.2 Å². The minimum absolute atomic E-state index is 0.0846. The van der Waals surface area contributed by atoms with Gasteiger partial charge >= 0.3 is 0 Å². The number of rotatable bonds is 4. The molecule has 0 aliphatic heterocycles. The second-order valence-corrected chi connectivity index (χ2v) is 5.54. The first-order chi connectivity index (χ1) is 11.0. The van der Waals surface area contributed by atoms with E-state index in [4.69, 9.17) is 22.3 Å². The summed E-state index contributed by atoms with van der Waals surface area (Å²) in [6, 6.07) is 15.5. The van der Waals surface area contributed by atoms with Crippen molar-refractivity contribution >= 4 is 22.8 Å². The molecular formula is C19H18N4. The van der Waals surface area contributed by atoms with Gasteiger partial charge in [0.15, 0.2) is 0 Å². The van der Waals surface area contributed by atoms with Crippen molar-refractivity contribution in [2.24, 2.45) is 11.5 Å². The monoisotopic (exact) mass is 302 g/mol. The predicted octanol–water partition coefficient (Wildman–Crippen LogP) is 3.13. The van der Waals surface area contributed by atoms with Crippen molar-refractivity contribution in [3.63, 3.8) is 0 Å². The Morgan fingerprint density at radius 1 is 0.652 bits per heavy atom. The number of nitrogens with one attached hydrogen (secondary N) is 2. The number of nitrogens with two attached hydrogens (primary N) is 2. The topological polar surface area (TPSA) is 99.7 Å². The van der Waals surface area contributed by atoms with E-state index in [0.717, 1.165) is 28.7 Å². The smallest absolute Gasteiger partial charge is 0.122 e. The first-order valence-electron chi connectivity index (χ1n) is 7.34. The minimum atomic E-state index is 0.0846. The summed E-state index contributed by atoms with van der Waals surface area (Å²) in [6.45, 7) is 0. The highest BCUT2D eigenvalue weighted by Crippen LogP contribution is 2.33. The highest BCUT2D eigenvalue weighted by Gasteiger charge is 2.12. The van der Waals surface area contributed by atoms with Gasteiger partial charge in [-0.3, -0.25) is 10.8 Å². The molecule has 114 valence electrons. The Morgan fingerprint density at radius 2 is 1.00 bits per heavy atom. The Bertz CT molecular complexity index is 753. The molecule has 0 unspecified atom stereocenters. The van der Waals surface area contributed by atoms with E-state index in [1.54, 1.807) is 0 Å². The molecule has 0 saturated heterocycles. The van der Waals surface area contributed by atoms with Gasteiger partial charge in [-0.2, -0.15) is 0 Å². The van der Waals surface area contributed by atoms with Crippen LogP contribution in [0.15, 0.2) is 60.7 Å². The van der Waals surface area contributed by atoms with Gasteiger partial charge in [-0.15, -0.1) is 0 Å². The van der Waals surface area contributed by atoms with Gasteiger partial charge in [0.1, 0.15) is 11.7 Å². The van der Waals surface area contributed by atoms with Crippen molar-refractivity contribution in [1.82, 2.24) is 0 Å². The van der Waals surface area contributed by atoms with Crippen LogP contribution in [0.4, 0.5) is 0 Å². The second-order valence-electron chi connectivity index (χ2n) is 5.54. The number of nitrogen functional groups attached to an aromatic ring is 2. The zero-order chi connectivity index (χ0) is 16.4. The summed E-state index contributed by atoms with van der Waals surface area (Å²) in [7, 11) is 0. The molecule has 6 N–H and O–H groups in total. The third-order valence-electron chi connectivity index (χ3n) is 4.00. The predicted molar refractivity (Wildman–Crippen MR) is 95.5 cm³/mol. The summed E-state index contributed by atoms with van der Waals surface area (Å²) < 4.78 is 0. The fourth-order valence-corrected chi connectivity index (χ4v) is 2.65. The Morgan fingerprint density at radius 3 is 1.30 bits per heavy atom. The summed E-state index contributed by atoms with van der Waals surface area (Å²) >= 11 is 0. The molecule has 0 fully saturated rings. The molecule has 2 aromatic carbocycles. The lowest BCUT2D eigenvalue weighted by atomic mass is 9.97. The number of hydrogen-bond acceptors (Lipinski definition) is 2. The van der Waals surface area contributed by atoms with Crippen LogP contribution in [0.2, 0.25) is 0 Å². The third kappa shape index (κ3) is 3.06. The summed E-state index contributed by atoms with van der Waals surface area (Å²) in [5, 5.41) is 14.9. The summed E-state index contributed by atoms with van der Waals surface area (Å²) in [5.41, 5.74) is 17.2. The Balaban J connectivity index is 1.74. The van der Waals surface area contributed by atoms with Gasteiger partial charge in [-0.05, 0) is 28.7 Å². The normalized spacial score (nSPS) is 13.4. The van der Waals surface area contributed by atoms with Gasteiger partial charge in [-0.1, -0.05) is 60.7 Å². The fourth-order valence-electron chi connectivity index (χ4n) is 2.65. The van der Waals surface area contributed by atoms with Gasteiger partial charge in [-0.25, -0.2) is 0 Å². The van der Waals surface area contributed by atoms with Crippen LogP contribution >= 0.6 is 0 Å². The van der Waals surface area contributed by atoms with Crippen molar-refractivity contribution in [2.45, 2.75) is 6.42 Å². The molecule has 0 radical (unpaired) electrons. The molecule has 0 atom stereocenters. The largest absolute Gasteiger partial charge is 0.384 e. The van der Waals surface area contributed by atoms with Gasteiger partial charge < -0.3 is 11.5 Å². The molecule has 1 aliphatic rings. The van der Waals surface area contributed by atoms with Crippen LogP contribution in [0.5, 0.6) is 0 Å². The molecule has 0 spiro atoms. The molecule has 4 heteroatoms.